The van der Waals surface area contributed by atoms with E-state index >= 15 is 0 Å². The number of hydrogen-bond donors (Lipinski definition) is 1. The van der Waals surface area contributed by atoms with E-state index in [-0.39, 0.29) is 17.5 Å². The van der Waals surface area contributed by atoms with Crippen molar-refractivity contribution in [3.05, 3.63) is 78.2 Å². The molecule has 1 fully saturated rings. The normalized spacial score (nSPS) is 14.9. The van der Waals surface area contributed by atoms with Crippen molar-refractivity contribution in [2.24, 2.45) is 11.1 Å². The molecule has 6 heteroatoms. The minimum Gasteiger partial charge on any atom is -0.330 e. The number of piperidine rings is 1. The monoisotopic (exact) mass is 515 g/mol. The molecule has 1 atom stereocenters. The minimum atomic E-state index is -0.167. The Kier molecular flexibility index (Phi) is 9.62. The summed E-state index contributed by atoms with van der Waals surface area (Å²) in [5.41, 5.74) is 9.11. The van der Waals surface area contributed by atoms with Gasteiger partial charge < -0.3 is 20.1 Å². The maximum absolute atomic E-state index is 14.2. The zero-order valence-electron chi connectivity index (χ0n) is 23.5. The topological polar surface area (TPSA) is 67.4 Å². The summed E-state index contributed by atoms with van der Waals surface area (Å²) in [6, 6.07) is 20.8. The number of nitrogens with zero attached hydrogens (tertiary/aromatic N) is 4. The summed E-state index contributed by atoms with van der Waals surface area (Å²) >= 11 is 0. The summed E-state index contributed by atoms with van der Waals surface area (Å²) in [6.45, 7) is 10.3. The summed E-state index contributed by atoms with van der Waals surface area (Å²) in [6.07, 6.45) is 8.16. The Balaban J connectivity index is 1.86. The molecule has 2 N–H and O–H groups in total. The zero-order chi connectivity index (χ0) is 27.0. The quantitative estimate of drug-likeness (QED) is 0.308. The molecule has 0 saturated carbocycles. The Labute approximate surface area is 228 Å². The molecule has 0 unspecified atom stereocenters. The van der Waals surface area contributed by atoms with Crippen molar-refractivity contribution < 1.29 is 4.79 Å². The largest absolute Gasteiger partial charge is 0.330 e. The van der Waals surface area contributed by atoms with Crippen molar-refractivity contribution >= 4 is 6.03 Å². The van der Waals surface area contributed by atoms with Crippen LogP contribution in [0.25, 0.3) is 11.3 Å². The fraction of sp³-hybridized carbons (Fsp3) is 0.500. The van der Waals surface area contributed by atoms with Crippen LogP contribution in [0, 0.1) is 5.41 Å². The summed E-state index contributed by atoms with van der Waals surface area (Å²) < 4.78 is 2.28. The van der Waals surface area contributed by atoms with Crippen molar-refractivity contribution in [1.82, 2.24) is 19.4 Å². The molecular formula is C32H45N5O. The van der Waals surface area contributed by atoms with E-state index in [0.717, 1.165) is 62.3 Å². The van der Waals surface area contributed by atoms with Crippen LogP contribution in [-0.2, 0) is 6.54 Å². The van der Waals surface area contributed by atoms with Gasteiger partial charge >= 0.3 is 6.03 Å². The number of benzene rings is 2. The van der Waals surface area contributed by atoms with Crippen molar-refractivity contribution in [2.75, 3.05) is 26.2 Å². The van der Waals surface area contributed by atoms with Crippen LogP contribution in [0.5, 0.6) is 0 Å². The van der Waals surface area contributed by atoms with Gasteiger partial charge in [0.2, 0.25) is 0 Å². The predicted molar refractivity (Wildman–Crippen MR) is 156 cm³/mol. The number of nitrogens with two attached hydrogens (primary N) is 1. The lowest BCUT2D eigenvalue weighted by molar-refractivity contribution is 0.0577. The van der Waals surface area contributed by atoms with E-state index in [1.54, 1.807) is 0 Å². The van der Waals surface area contributed by atoms with Crippen molar-refractivity contribution in [1.29, 1.82) is 0 Å². The van der Waals surface area contributed by atoms with E-state index in [1.165, 1.54) is 12.0 Å². The van der Waals surface area contributed by atoms with Crippen LogP contribution in [0.15, 0.2) is 66.9 Å². The molecule has 0 spiro atoms. The Hall–Kier alpha value is -3.12. The highest BCUT2D eigenvalue weighted by atomic mass is 16.2. The number of amides is 2. The molecule has 1 aliphatic heterocycles. The van der Waals surface area contributed by atoms with Gasteiger partial charge in [-0.15, -0.1) is 0 Å². The van der Waals surface area contributed by atoms with Crippen LogP contribution in [0.1, 0.15) is 76.7 Å². The van der Waals surface area contributed by atoms with Crippen LogP contribution in [0.4, 0.5) is 4.79 Å². The van der Waals surface area contributed by atoms with Gasteiger partial charge in [0, 0.05) is 37.9 Å². The maximum Gasteiger partial charge on any atom is 0.320 e. The number of carbonyl (C=O) groups is 1. The number of hydrogen-bond acceptors (Lipinski definition) is 3. The fourth-order valence-corrected chi connectivity index (χ4v) is 5.63. The number of imidazole rings is 1. The highest BCUT2D eigenvalue weighted by Gasteiger charge is 2.43. The lowest BCUT2D eigenvalue weighted by atomic mass is 9.76. The number of urea groups is 1. The average Bonchev–Trinajstić information content (AvgIpc) is 3.38. The molecule has 0 radical (unpaired) electrons. The molecule has 0 aliphatic carbocycles. The molecule has 2 aromatic carbocycles. The van der Waals surface area contributed by atoms with Gasteiger partial charge in [0.1, 0.15) is 5.82 Å². The Morgan fingerprint density at radius 3 is 2.24 bits per heavy atom. The number of likely N-dealkylation sites (tertiary alicyclic amines) is 1. The molecule has 3 aromatic rings. The van der Waals surface area contributed by atoms with Gasteiger partial charge in [-0.1, -0.05) is 81.4 Å². The number of aromatic nitrogens is 2. The molecule has 1 aromatic heterocycles. The first-order chi connectivity index (χ1) is 18.5. The van der Waals surface area contributed by atoms with E-state index in [0.29, 0.717) is 19.6 Å². The lowest BCUT2D eigenvalue weighted by Crippen LogP contribution is -2.51. The molecule has 1 aliphatic rings. The van der Waals surface area contributed by atoms with Crippen molar-refractivity contribution in [3.8, 4) is 11.3 Å². The van der Waals surface area contributed by atoms with Gasteiger partial charge in [-0.25, -0.2) is 9.78 Å². The zero-order valence-corrected chi connectivity index (χ0v) is 23.5. The molecule has 0 bridgehead atoms. The molecular weight excluding hydrogens is 470 g/mol. The SMILES string of the molecule is CCC(C)(CC)[C@H](c1nc(-c2ccccc2)cn1Cc1ccccc1)N(CCCN)C(=O)N1CCCCC1. The highest BCUT2D eigenvalue weighted by Crippen LogP contribution is 2.45. The second kappa shape index (κ2) is 13.1. The molecule has 204 valence electrons. The smallest absolute Gasteiger partial charge is 0.320 e. The molecule has 2 amide bonds. The van der Waals surface area contributed by atoms with Gasteiger partial charge in [-0.3, -0.25) is 0 Å². The van der Waals surface area contributed by atoms with E-state index in [2.05, 4.69) is 89.9 Å². The second-order valence-electron chi connectivity index (χ2n) is 10.9. The predicted octanol–water partition coefficient (Wildman–Crippen LogP) is 6.72. The summed E-state index contributed by atoms with van der Waals surface area (Å²) in [4.78, 5) is 23.7. The third-order valence-corrected chi connectivity index (χ3v) is 8.38. The van der Waals surface area contributed by atoms with Crippen LogP contribution < -0.4 is 5.73 Å². The van der Waals surface area contributed by atoms with E-state index < -0.39 is 0 Å². The number of rotatable bonds is 11. The van der Waals surface area contributed by atoms with Crippen LogP contribution >= 0.6 is 0 Å². The minimum absolute atomic E-state index is 0.131. The lowest BCUT2D eigenvalue weighted by Gasteiger charge is -2.45. The van der Waals surface area contributed by atoms with Gasteiger partial charge in [0.15, 0.2) is 0 Å². The van der Waals surface area contributed by atoms with Gasteiger partial charge in [-0.05, 0) is 56.0 Å². The summed E-state index contributed by atoms with van der Waals surface area (Å²) in [5.74, 6) is 0.960. The van der Waals surface area contributed by atoms with E-state index in [9.17, 15) is 4.79 Å². The third-order valence-electron chi connectivity index (χ3n) is 8.38. The first-order valence-corrected chi connectivity index (χ1v) is 14.4. The molecule has 1 saturated heterocycles. The van der Waals surface area contributed by atoms with Crippen LogP contribution in [-0.4, -0.2) is 51.6 Å². The van der Waals surface area contributed by atoms with Gasteiger partial charge in [-0.2, -0.15) is 0 Å². The Morgan fingerprint density at radius 1 is 1.00 bits per heavy atom. The fourth-order valence-electron chi connectivity index (χ4n) is 5.63. The molecule has 6 nitrogen and oxygen atoms in total. The number of carbonyl (C=O) groups excluding carboxylic acids is 1. The maximum atomic E-state index is 14.2. The van der Waals surface area contributed by atoms with Crippen molar-refractivity contribution in [3.63, 3.8) is 0 Å². The third kappa shape index (κ3) is 6.29. The van der Waals surface area contributed by atoms with Gasteiger partial charge in [0.25, 0.3) is 0 Å². The van der Waals surface area contributed by atoms with Crippen LogP contribution in [0.3, 0.4) is 0 Å². The van der Waals surface area contributed by atoms with Crippen LogP contribution in [0.2, 0.25) is 0 Å². The Morgan fingerprint density at radius 2 is 1.63 bits per heavy atom. The first-order valence-electron chi connectivity index (χ1n) is 14.4. The standard InChI is InChI=1S/C32H45N5O/c1-4-32(3,5-2)29(37(23-15-20-33)31(38)35-21-13-8-14-22-35)30-34-28(27-18-11-7-12-19-27)25-36(30)24-26-16-9-6-10-17-26/h6-7,9-12,16-19,25,29H,4-5,8,13-15,20-24,33H2,1-3H3/t29-/m0/s1. The summed E-state index contributed by atoms with van der Waals surface area (Å²) in [7, 11) is 0. The highest BCUT2D eigenvalue weighted by molar-refractivity contribution is 5.75. The molecule has 4 rings (SSSR count). The molecule has 38 heavy (non-hydrogen) atoms. The Bertz CT molecular complexity index is 1130. The van der Waals surface area contributed by atoms with E-state index in [4.69, 9.17) is 10.7 Å². The average molecular weight is 516 g/mol. The first kappa shape index (κ1) is 27.9. The van der Waals surface area contributed by atoms with Gasteiger partial charge in [0.05, 0.1) is 11.7 Å². The summed E-state index contributed by atoms with van der Waals surface area (Å²) in [5, 5.41) is 0. The van der Waals surface area contributed by atoms with E-state index in [1.807, 2.05) is 12.1 Å². The van der Waals surface area contributed by atoms with Crippen molar-refractivity contribution in [2.45, 2.75) is 71.9 Å². The molecule has 2 heterocycles. The second-order valence-corrected chi connectivity index (χ2v) is 10.9.